The number of rotatable bonds is 5. The average Bonchev–Trinajstić information content (AvgIpc) is 3.35. The number of anilines is 1. The molecular weight excluding hydrogens is 408 g/mol. The number of hydrogen-bond donors (Lipinski definition) is 1. The van der Waals surface area contributed by atoms with Gasteiger partial charge in [0.15, 0.2) is 5.65 Å². The van der Waals surface area contributed by atoms with Crippen molar-refractivity contribution in [2.24, 2.45) is 0 Å². The van der Waals surface area contributed by atoms with E-state index in [1.165, 1.54) is 7.11 Å². The summed E-state index contributed by atoms with van der Waals surface area (Å²) in [5.41, 5.74) is 3.33. The van der Waals surface area contributed by atoms with Crippen LogP contribution in [0, 0.1) is 13.8 Å². The van der Waals surface area contributed by atoms with Crippen LogP contribution in [-0.4, -0.2) is 33.8 Å². The van der Waals surface area contributed by atoms with E-state index in [-0.39, 0.29) is 11.9 Å². The van der Waals surface area contributed by atoms with E-state index in [2.05, 4.69) is 10.4 Å². The third kappa shape index (κ3) is 3.87. The summed E-state index contributed by atoms with van der Waals surface area (Å²) in [7, 11) is 1.31. The van der Waals surface area contributed by atoms with Gasteiger partial charge in [0.25, 0.3) is 5.91 Å². The summed E-state index contributed by atoms with van der Waals surface area (Å²) in [4.78, 5) is 29.9. The number of ether oxygens (including phenoxy) is 1. The van der Waals surface area contributed by atoms with E-state index in [4.69, 9.17) is 14.1 Å². The monoisotopic (exact) mass is 432 g/mol. The maximum Gasteiger partial charge on any atom is 0.337 e. The first kappa shape index (κ1) is 21.3. The Morgan fingerprint density at radius 3 is 2.59 bits per heavy atom. The van der Waals surface area contributed by atoms with Gasteiger partial charge in [-0.1, -0.05) is 6.07 Å². The van der Waals surface area contributed by atoms with E-state index >= 15 is 0 Å². The molecule has 8 nitrogen and oxygen atoms in total. The zero-order chi connectivity index (χ0) is 23.0. The van der Waals surface area contributed by atoms with Crippen LogP contribution in [0.2, 0.25) is 0 Å². The number of benzene rings is 1. The number of hydrogen-bond acceptors (Lipinski definition) is 6. The van der Waals surface area contributed by atoms with Crippen LogP contribution in [0.5, 0.6) is 0 Å². The number of esters is 1. The van der Waals surface area contributed by atoms with Crippen LogP contribution in [0.3, 0.4) is 0 Å². The van der Waals surface area contributed by atoms with Crippen LogP contribution in [-0.2, 0) is 4.74 Å². The number of pyridine rings is 1. The van der Waals surface area contributed by atoms with Crippen molar-refractivity contribution < 1.29 is 18.7 Å². The maximum absolute atomic E-state index is 13.3. The fraction of sp³-hybridized carbons (Fsp3) is 0.250. The molecular formula is C24H24N4O4. The third-order valence-corrected chi connectivity index (χ3v) is 5.16. The van der Waals surface area contributed by atoms with Crippen molar-refractivity contribution >= 4 is 28.6 Å². The van der Waals surface area contributed by atoms with Gasteiger partial charge in [0.1, 0.15) is 11.5 Å². The molecule has 0 radical (unpaired) electrons. The number of carbonyl (C=O) groups excluding carboxylic acids is 2. The Morgan fingerprint density at radius 1 is 1.16 bits per heavy atom. The molecule has 0 bridgehead atoms. The Morgan fingerprint density at radius 2 is 1.94 bits per heavy atom. The molecule has 1 aromatic carbocycles. The fourth-order valence-electron chi connectivity index (χ4n) is 3.65. The van der Waals surface area contributed by atoms with Gasteiger partial charge in [-0.3, -0.25) is 4.79 Å². The summed E-state index contributed by atoms with van der Waals surface area (Å²) in [6.07, 6.45) is 1.65. The standard InChI is InChI=1S/C24H24N4O4/c1-13(2)28-22-20(12-25-28)19(11-21(27-22)18-9-14(3)32-15(18)4)23(29)26-17-8-6-7-16(10-17)24(30)31-5/h6-13H,1-5H3,(H,26,29). The number of nitrogens with zero attached hydrogens (tertiary/aromatic N) is 3. The van der Waals surface area contributed by atoms with Gasteiger partial charge in [-0.15, -0.1) is 0 Å². The molecule has 164 valence electrons. The molecule has 3 aromatic heterocycles. The van der Waals surface area contributed by atoms with Crippen molar-refractivity contribution in [3.8, 4) is 11.3 Å². The van der Waals surface area contributed by atoms with Gasteiger partial charge in [-0.05, 0) is 58.0 Å². The van der Waals surface area contributed by atoms with E-state index in [0.717, 1.165) is 17.1 Å². The van der Waals surface area contributed by atoms with E-state index in [1.54, 1.807) is 41.2 Å². The summed E-state index contributed by atoms with van der Waals surface area (Å²) in [6, 6.07) is 10.3. The minimum atomic E-state index is -0.473. The number of amides is 1. The molecule has 1 N–H and O–H groups in total. The highest BCUT2D eigenvalue weighted by atomic mass is 16.5. The smallest absolute Gasteiger partial charge is 0.337 e. The zero-order valence-corrected chi connectivity index (χ0v) is 18.6. The van der Waals surface area contributed by atoms with Crippen LogP contribution in [0.1, 0.15) is 52.1 Å². The maximum atomic E-state index is 13.3. The van der Waals surface area contributed by atoms with E-state index in [0.29, 0.717) is 33.5 Å². The lowest BCUT2D eigenvalue weighted by Crippen LogP contribution is -2.14. The van der Waals surface area contributed by atoms with Crippen LogP contribution >= 0.6 is 0 Å². The molecule has 0 atom stereocenters. The van der Waals surface area contributed by atoms with Gasteiger partial charge in [0.2, 0.25) is 0 Å². The predicted octanol–water partition coefficient (Wildman–Crippen LogP) is 4.93. The number of aryl methyl sites for hydroxylation is 2. The molecule has 4 rings (SSSR count). The minimum absolute atomic E-state index is 0.0649. The van der Waals surface area contributed by atoms with Crippen molar-refractivity contribution in [1.82, 2.24) is 14.8 Å². The van der Waals surface area contributed by atoms with E-state index < -0.39 is 5.97 Å². The molecule has 3 heterocycles. The molecule has 0 aliphatic carbocycles. The molecule has 0 spiro atoms. The van der Waals surface area contributed by atoms with Crippen LogP contribution in [0.4, 0.5) is 5.69 Å². The lowest BCUT2D eigenvalue weighted by Gasteiger charge is -2.11. The molecule has 0 aliphatic heterocycles. The Balaban J connectivity index is 1.81. The number of aromatic nitrogens is 3. The lowest BCUT2D eigenvalue weighted by atomic mass is 10.1. The number of nitrogens with one attached hydrogen (secondary N) is 1. The number of carbonyl (C=O) groups is 2. The molecule has 0 saturated heterocycles. The molecule has 32 heavy (non-hydrogen) atoms. The van der Waals surface area contributed by atoms with Crippen molar-refractivity contribution in [1.29, 1.82) is 0 Å². The third-order valence-electron chi connectivity index (χ3n) is 5.16. The largest absolute Gasteiger partial charge is 0.466 e. The molecule has 0 saturated carbocycles. The van der Waals surface area contributed by atoms with Crippen molar-refractivity contribution in [3.63, 3.8) is 0 Å². The Hall–Kier alpha value is -3.94. The van der Waals surface area contributed by atoms with Crippen molar-refractivity contribution in [3.05, 3.63) is 65.2 Å². The Kier molecular flexibility index (Phi) is 5.52. The summed E-state index contributed by atoms with van der Waals surface area (Å²) in [6.45, 7) is 7.75. The SMILES string of the molecule is COC(=O)c1cccc(NC(=O)c2cc(-c3cc(C)oc3C)nc3c2cnn3C(C)C)c1. The first-order chi connectivity index (χ1) is 15.3. The molecule has 0 aliphatic rings. The summed E-state index contributed by atoms with van der Waals surface area (Å²) in [5.74, 6) is 0.685. The molecule has 8 heteroatoms. The Bertz CT molecular complexity index is 1330. The minimum Gasteiger partial charge on any atom is -0.466 e. The predicted molar refractivity (Wildman–Crippen MR) is 121 cm³/mol. The number of methoxy groups -OCH3 is 1. The normalized spacial score (nSPS) is 11.2. The highest BCUT2D eigenvalue weighted by Gasteiger charge is 2.20. The van der Waals surface area contributed by atoms with Gasteiger partial charge in [-0.25, -0.2) is 14.5 Å². The van der Waals surface area contributed by atoms with Crippen molar-refractivity contribution in [2.45, 2.75) is 33.7 Å². The molecule has 1 amide bonds. The second-order valence-electron chi connectivity index (χ2n) is 7.83. The van der Waals surface area contributed by atoms with Gasteiger partial charge in [-0.2, -0.15) is 5.10 Å². The summed E-state index contributed by atoms with van der Waals surface area (Å²) >= 11 is 0. The van der Waals surface area contributed by atoms with E-state index in [1.807, 2.05) is 33.8 Å². The second kappa shape index (κ2) is 8.30. The lowest BCUT2D eigenvalue weighted by molar-refractivity contribution is 0.0600. The Labute approximate surface area is 185 Å². The van der Waals surface area contributed by atoms with Crippen LogP contribution in [0.25, 0.3) is 22.3 Å². The first-order valence-electron chi connectivity index (χ1n) is 10.2. The quantitative estimate of drug-likeness (QED) is 0.449. The first-order valence-corrected chi connectivity index (χ1v) is 10.2. The highest BCUT2D eigenvalue weighted by Crippen LogP contribution is 2.30. The van der Waals surface area contributed by atoms with Gasteiger partial charge in [0, 0.05) is 17.3 Å². The molecule has 0 fully saturated rings. The van der Waals surface area contributed by atoms with Gasteiger partial charge in [0.05, 0.1) is 35.5 Å². The second-order valence-corrected chi connectivity index (χ2v) is 7.83. The van der Waals surface area contributed by atoms with Crippen molar-refractivity contribution in [2.75, 3.05) is 12.4 Å². The van der Waals surface area contributed by atoms with Gasteiger partial charge < -0.3 is 14.5 Å². The van der Waals surface area contributed by atoms with Crippen LogP contribution < -0.4 is 5.32 Å². The molecule has 4 aromatic rings. The number of fused-ring (bicyclic) bond motifs is 1. The molecule has 0 unspecified atom stereocenters. The summed E-state index contributed by atoms with van der Waals surface area (Å²) < 4.78 is 12.2. The summed E-state index contributed by atoms with van der Waals surface area (Å²) in [5, 5.41) is 7.96. The fourth-order valence-corrected chi connectivity index (χ4v) is 3.65. The van der Waals surface area contributed by atoms with Gasteiger partial charge >= 0.3 is 5.97 Å². The zero-order valence-electron chi connectivity index (χ0n) is 18.6. The topological polar surface area (TPSA) is 99.2 Å². The highest BCUT2D eigenvalue weighted by molar-refractivity contribution is 6.13. The number of furan rings is 1. The average molecular weight is 432 g/mol. The van der Waals surface area contributed by atoms with Crippen LogP contribution in [0.15, 0.2) is 47.0 Å². The van der Waals surface area contributed by atoms with E-state index in [9.17, 15) is 9.59 Å².